The van der Waals surface area contributed by atoms with E-state index in [1.54, 1.807) is 0 Å². The van der Waals surface area contributed by atoms with Crippen LogP contribution in [-0.2, 0) is 6.54 Å². The molecule has 0 saturated heterocycles. The molecule has 0 saturated carbocycles. The molecule has 0 spiro atoms. The van der Waals surface area contributed by atoms with Gasteiger partial charge in [-0.15, -0.1) is 0 Å². The van der Waals surface area contributed by atoms with Crippen molar-refractivity contribution >= 4 is 0 Å². The Labute approximate surface area is 183 Å². The Morgan fingerprint density at radius 1 is 0.700 bits per heavy atom. The molecule has 174 valence electrons. The number of aliphatic hydroxyl groups is 3. The Morgan fingerprint density at radius 2 is 1.17 bits per heavy atom. The monoisotopic (exact) mass is 423 g/mol. The molecule has 5 heteroatoms. The van der Waals surface area contributed by atoms with Crippen LogP contribution in [-0.4, -0.2) is 47.3 Å². The summed E-state index contributed by atoms with van der Waals surface area (Å²) in [6, 6.07) is 7.80. The summed E-state index contributed by atoms with van der Waals surface area (Å²) in [6.07, 6.45) is 16.1. The molecule has 0 aliphatic rings. The van der Waals surface area contributed by atoms with E-state index in [-0.39, 0.29) is 19.8 Å². The third-order valence-electron chi connectivity index (χ3n) is 5.77. The fraction of sp³-hybridized carbons (Fsp3) is 0.760. The molecule has 5 nitrogen and oxygen atoms in total. The molecule has 0 heterocycles. The van der Waals surface area contributed by atoms with E-state index in [0.717, 1.165) is 24.3 Å². The van der Waals surface area contributed by atoms with Crippen molar-refractivity contribution < 1.29 is 20.1 Å². The first-order valence-electron chi connectivity index (χ1n) is 12.0. The fourth-order valence-electron chi connectivity index (χ4n) is 3.44. The largest absolute Gasteiger partial charge is 0.494 e. The van der Waals surface area contributed by atoms with E-state index in [1.807, 2.05) is 24.3 Å². The second kappa shape index (κ2) is 17.5. The van der Waals surface area contributed by atoms with Crippen LogP contribution in [0.15, 0.2) is 24.3 Å². The van der Waals surface area contributed by atoms with Crippen molar-refractivity contribution in [1.29, 1.82) is 0 Å². The maximum Gasteiger partial charge on any atom is 0.119 e. The van der Waals surface area contributed by atoms with Gasteiger partial charge in [0.2, 0.25) is 0 Å². The van der Waals surface area contributed by atoms with Crippen molar-refractivity contribution in [3.05, 3.63) is 29.8 Å². The van der Waals surface area contributed by atoms with Gasteiger partial charge in [0.15, 0.2) is 0 Å². The van der Waals surface area contributed by atoms with Crippen molar-refractivity contribution in [3.8, 4) is 5.75 Å². The first kappa shape index (κ1) is 26.9. The van der Waals surface area contributed by atoms with Crippen molar-refractivity contribution in [2.24, 2.45) is 0 Å². The lowest BCUT2D eigenvalue weighted by Gasteiger charge is -2.28. The molecule has 0 aliphatic heterocycles. The molecule has 0 bridgehead atoms. The van der Waals surface area contributed by atoms with Crippen LogP contribution in [0.25, 0.3) is 0 Å². The Kier molecular flexibility index (Phi) is 15.7. The molecular weight excluding hydrogens is 378 g/mol. The number of benzene rings is 1. The van der Waals surface area contributed by atoms with Crippen LogP contribution in [0.4, 0.5) is 0 Å². The molecule has 0 radical (unpaired) electrons. The summed E-state index contributed by atoms with van der Waals surface area (Å²) >= 11 is 0. The summed E-state index contributed by atoms with van der Waals surface area (Å²) in [5.74, 6) is 0.861. The van der Waals surface area contributed by atoms with E-state index in [2.05, 4.69) is 12.2 Å². The number of rotatable bonds is 20. The van der Waals surface area contributed by atoms with Crippen molar-refractivity contribution in [1.82, 2.24) is 5.32 Å². The maximum absolute atomic E-state index is 9.34. The van der Waals surface area contributed by atoms with Crippen LogP contribution in [0.5, 0.6) is 5.75 Å². The molecule has 0 aromatic heterocycles. The number of ether oxygens (including phenoxy) is 1. The molecule has 1 aromatic rings. The van der Waals surface area contributed by atoms with Crippen molar-refractivity contribution in [3.63, 3.8) is 0 Å². The molecule has 30 heavy (non-hydrogen) atoms. The minimum atomic E-state index is -1.05. The SMILES string of the molecule is CCCCCCCCCCCCCCOc1ccc(CNC(CO)(CO)CO)cc1. The van der Waals surface area contributed by atoms with Gasteiger partial charge < -0.3 is 25.4 Å². The van der Waals surface area contributed by atoms with Gasteiger partial charge in [-0.25, -0.2) is 0 Å². The molecule has 0 unspecified atom stereocenters. The molecule has 1 rings (SSSR count). The first-order chi connectivity index (χ1) is 14.7. The Morgan fingerprint density at radius 3 is 1.63 bits per heavy atom. The number of aliphatic hydroxyl groups excluding tert-OH is 3. The van der Waals surface area contributed by atoms with Crippen molar-refractivity contribution in [2.75, 3.05) is 26.4 Å². The highest BCUT2D eigenvalue weighted by molar-refractivity contribution is 5.27. The highest BCUT2D eigenvalue weighted by atomic mass is 16.5. The number of nitrogens with one attached hydrogen (secondary N) is 1. The third kappa shape index (κ3) is 11.9. The predicted octanol–water partition coefficient (Wildman–Crippen LogP) is 4.57. The van der Waals surface area contributed by atoms with Gasteiger partial charge in [-0.3, -0.25) is 0 Å². The lowest BCUT2D eigenvalue weighted by atomic mass is 10.0. The summed E-state index contributed by atoms with van der Waals surface area (Å²) in [5.41, 5.74) is -0.0449. The van der Waals surface area contributed by atoms with Gasteiger partial charge >= 0.3 is 0 Å². The molecule has 0 fully saturated rings. The normalized spacial score (nSPS) is 11.7. The Balaban J connectivity index is 2.04. The van der Waals surface area contributed by atoms with Gasteiger partial charge in [0.25, 0.3) is 0 Å². The average Bonchev–Trinajstić information content (AvgIpc) is 2.79. The Hall–Kier alpha value is -1.14. The maximum atomic E-state index is 9.34. The molecule has 0 aliphatic carbocycles. The average molecular weight is 424 g/mol. The van der Waals surface area contributed by atoms with Gasteiger partial charge in [-0.05, 0) is 24.1 Å². The predicted molar refractivity (Wildman–Crippen MR) is 124 cm³/mol. The lowest BCUT2D eigenvalue weighted by Crippen LogP contribution is -2.54. The number of hydrogen-bond donors (Lipinski definition) is 4. The van der Waals surface area contributed by atoms with E-state index in [4.69, 9.17) is 4.74 Å². The summed E-state index contributed by atoms with van der Waals surface area (Å²) in [4.78, 5) is 0. The zero-order valence-corrected chi connectivity index (χ0v) is 19.1. The van der Waals surface area contributed by atoms with Crippen molar-refractivity contribution in [2.45, 2.75) is 96.1 Å². The standard InChI is InChI=1S/C25H45NO4/c1-2-3-4-5-6-7-8-9-10-11-12-13-18-30-24-16-14-23(15-17-24)19-26-25(20-27,21-28)22-29/h14-17,26-29H,2-13,18-22H2,1H3. The minimum absolute atomic E-state index is 0.319. The molecule has 0 atom stereocenters. The summed E-state index contributed by atoms with van der Waals surface area (Å²) in [6.45, 7) is 2.52. The Bertz CT molecular complexity index is 494. The van der Waals surface area contributed by atoms with E-state index < -0.39 is 5.54 Å². The minimum Gasteiger partial charge on any atom is -0.494 e. The quantitative estimate of drug-likeness (QED) is 0.231. The second-order valence-corrected chi connectivity index (χ2v) is 8.49. The van der Waals surface area contributed by atoms with E-state index >= 15 is 0 Å². The van der Waals surface area contributed by atoms with Gasteiger partial charge in [-0.1, -0.05) is 89.7 Å². The molecular formula is C25H45NO4. The number of hydrogen-bond acceptors (Lipinski definition) is 5. The lowest BCUT2D eigenvalue weighted by molar-refractivity contribution is 0.0414. The number of unbranched alkanes of at least 4 members (excludes halogenated alkanes) is 11. The van der Waals surface area contributed by atoms with Crippen LogP contribution in [0.2, 0.25) is 0 Å². The van der Waals surface area contributed by atoms with Gasteiger partial charge in [0, 0.05) is 6.54 Å². The van der Waals surface area contributed by atoms with E-state index in [1.165, 1.54) is 70.6 Å². The van der Waals surface area contributed by atoms with Gasteiger partial charge in [0.1, 0.15) is 5.75 Å². The topological polar surface area (TPSA) is 82.0 Å². The van der Waals surface area contributed by atoms with Gasteiger partial charge in [0.05, 0.1) is 32.0 Å². The fourth-order valence-corrected chi connectivity index (χ4v) is 3.44. The molecule has 4 N–H and O–H groups in total. The van der Waals surface area contributed by atoms with Gasteiger partial charge in [-0.2, -0.15) is 0 Å². The highest BCUT2D eigenvalue weighted by Crippen LogP contribution is 2.15. The van der Waals surface area contributed by atoms with Crippen LogP contribution in [0.3, 0.4) is 0 Å². The smallest absolute Gasteiger partial charge is 0.119 e. The zero-order chi connectivity index (χ0) is 21.9. The molecule has 0 amide bonds. The summed E-state index contributed by atoms with van der Waals surface area (Å²) in [5, 5.41) is 31.1. The van der Waals surface area contributed by atoms with Crippen LogP contribution >= 0.6 is 0 Å². The third-order valence-corrected chi connectivity index (χ3v) is 5.77. The van der Waals surface area contributed by atoms with E-state index in [9.17, 15) is 15.3 Å². The second-order valence-electron chi connectivity index (χ2n) is 8.49. The summed E-state index contributed by atoms with van der Waals surface area (Å²) in [7, 11) is 0. The van der Waals surface area contributed by atoms with E-state index in [0.29, 0.717) is 6.54 Å². The zero-order valence-electron chi connectivity index (χ0n) is 19.1. The first-order valence-corrected chi connectivity index (χ1v) is 12.0. The van der Waals surface area contributed by atoms with Crippen LogP contribution in [0, 0.1) is 0 Å². The van der Waals surface area contributed by atoms with Crippen LogP contribution in [0.1, 0.15) is 89.5 Å². The summed E-state index contributed by atoms with van der Waals surface area (Å²) < 4.78 is 5.82. The van der Waals surface area contributed by atoms with Crippen LogP contribution < -0.4 is 10.1 Å². The molecule has 1 aromatic carbocycles. The highest BCUT2D eigenvalue weighted by Gasteiger charge is 2.26.